The lowest BCUT2D eigenvalue weighted by atomic mass is 10.1. The number of ether oxygens (including phenoxy) is 1. The molecule has 106 valence electrons. The second-order valence-electron chi connectivity index (χ2n) is 4.48. The second kappa shape index (κ2) is 5.97. The maximum Gasteiger partial charge on any atom is 0.258 e. The Kier molecular flexibility index (Phi) is 4.10. The van der Waals surface area contributed by atoms with E-state index in [2.05, 4.69) is 6.07 Å². The molecule has 0 spiro atoms. The predicted molar refractivity (Wildman–Crippen MR) is 81.3 cm³/mol. The summed E-state index contributed by atoms with van der Waals surface area (Å²) in [5.74, 6) is 0.253. The molecule has 0 aromatic heterocycles. The van der Waals surface area contributed by atoms with Crippen LogP contribution >= 0.6 is 0 Å². The van der Waals surface area contributed by atoms with E-state index in [9.17, 15) is 4.79 Å². The number of benzene rings is 2. The first kappa shape index (κ1) is 14.4. The van der Waals surface area contributed by atoms with Gasteiger partial charge in [-0.15, -0.1) is 0 Å². The molecule has 0 aliphatic heterocycles. The van der Waals surface area contributed by atoms with Crippen LogP contribution in [0.3, 0.4) is 0 Å². The average molecular weight is 281 g/mol. The van der Waals surface area contributed by atoms with Crippen LogP contribution in [0.5, 0.6) is 5.75 Å². The van der Waals surface area contributed by atoms with Crippen molar-refractivity contribution in [3.05, 3.63) is 53.6 Å². The summed E-state index contributed by atoms with van der Waals surface area (Å²) in [4.78, 5) is 13.9. The number of nitrogen functional groups attached to an aromatic ring is 1. The Bertz CT molecular complexity index is 720. The first-order valence-electron chi connectivity index (χ1n) is 6.28. The van der Waals surface area contributed by atoms with E-state index >= 15 is 0 Å². The van der Waals surface area contributed by atoms with Crippen LogP contribution in [0.25, 0.3) is 0 Å². The number of carbonyl (C=O) groups is 1. The van der Waals surface area contributed by atoms with Crippen molar-refractivity contribution in [3.8, 4) is 11.8 Å². The van der Waals surface area contributed by atoms with Gasteiger partial charge < -0.3 is 15.4 Å². The molecule has 0 unspecified atom stereocenters. The summed E-state index contributed by atoms with van der Waals surface area (Å²) < 4.78 is 5.12. The van der Waals surface area contributed by atoms with Gasteiger partial charge in [0.25, 0.3) is 5.91 Å². The highest BCUT2D eigenvalue weighted by Gasteiger charge is 2.15. The van der Waals surface area contributed by atoms with Gasteiger partial charge in [-0.05, 0) is 36.4 Å². The van der Waals surface area contributed by atoms with Gasteiger partial charge in [0.05, 0.1) is 24.4 Å². The van der Waals surface area contributed by atoms with Gasteiger partial charge in [-0.3, -0.25) is 4.79 Å². The molecule has 0 aliphatic carbocycles. The van der Waals surface area contributed by atoms with Crippen LogP contribution in [0.2, 0.25) is 0 Å². The van der Waals surface area contributed by atoms with Crippen molar-refractivity contribution >= 4 is 17.3 Å². The largest absolute Gasteiger partial charge is 0.495 e. The number of nitriles is 1. The van der Waals surface area contributed by atoms with Crippen molar-refractivity contribution in [1.29, 1.82) is 5.26 Å². The number of hydrogen-bond donors (Lipinski definition) is 1. The molecular formula is C16H15N3O2. The minimum absolute atomic E-state index is 0.205. The predicted octanol–water partition coefficient (Wildman–Crippen LogP) is 2.43. The summed E-state index contributed by atoms with van der Waals surface area (Å²) in [5.41, 5.74) is 7.83. The number of methoxy groups -OCH3 is 1. The number of hydrogen-bond acceptors (Lipinski definition) is 4. The van der Waals surface area contributed by atoms with E-state index in [1.165, 1.54) is 12.0 Å². The number of nitrogens with zero attached hydrogens (tertiary/aromatic N) is 2. The topological polar surface area (TPSA) is 79.3 Å². The average Bonchev–Trinajstić information content (AvgIpc) is 2.54. The fourth-order valence-electron chi connectivity index (χ4n) is 1.94. The van der Waals surface area contributed by atoms with Gasteiger partial charge in [0, 0.05) is 18.3 Å². The standard InChI is InChI=1S/C16H15N3O2/c1-19(13-5-3-4-11(8-13)10-17)16(20)12-6-7-14(18)15(9-12)21-2/h3-9H,18H2,1-2H3. The fourth-order valence-corrected chi connectivity index (χ4v) is 1.94. The van der Waals surface area contributed by atoms with Crippen molar-refractivity contribution in [2.24, 2.45) is 0 Å². The Hall–Kier alpha value is -3.00. The van der Waals surface area contributed by atoms with Gasteiger partial charge in [0.1, 0.15) is 5.75 Å². The van der Waals surface area contributed by atoms with Crippen LogP contribution in [0.4, 0.5) is 11.4 Å². The molecule has 0 radical (unpaired) electrons. The molecule has 0 aliphatic rings. The lowest BCUT2D eigenvalue weighted by Crippen LogP contribution is -2.26. The van der Waals surface area contributed by atoms with Crippen molar-refractivity contribution in [2.75, 3.05) is 24.8 Å². The van der Waals surface area contributed by atoms with Crippen molar-refractivity contribution in [2.45, 2.75) is 0 Å². The van der Waals surface area contributed by atoms with E-state index in [4.69, 9.17) is 15.7 Å². The molecule has 5 nitrogen and oxygen atoms in total. The molecule has 2 N–H and O–H groups in total. The van der Waals surface area contributed by atoms with Gasteiger partial charge in [-0.25, -0.2) is 0 Å². The third-order valence-corrected chi connectivity index (χ3v) is 3.15. The quantitative estimate of drug-likeness (QED) is 0.876. The minimum atomic E-state index is -0.205. The van der Waals surface area contributed by atoms with E-state index in [0.29, 0.717) is 28.3 Å². The Morgan fingerprint density at radius 1 is 1.29 bits per heavy atom. The molecular weight excluding hydrogens is 266 g/mol. The Labute approximate surface area is 123 Å². The number of carbonyl (C=O) groups excluding carboxylic acids is 1. The summed E-state index contributed by atoms with van der Waals surface area (Å²) >= 11 is 0. The smallest absolute Gasteiger partial charge is 0.258 e. The highest BCUT2D eigenvalue weighted by molar-refractivity contribution is 6.06. The molecule has 0 fully saturated rings. The van der Waals surface area contributed by atoms with Crippen molar-refractivity contribution in [3.63, 3.8) is 0 Å². The van der Waals surface area contributed by atoms with Crippen LogP contribution < -0.4 is 15.4 Å². The molecule has 2 aromatic carbocycles. The Morgan fingerprint density at radius 3 is 2.71 bits per heavy atom. The van der Waals surface area contributed by atoms with E-state index in [0.717, 1.165) is 0 Å². The van der Waals surface area contributed by atoms with E-state index in [1.54, 1.807) is 49.5 Å². The minimum Gasteiger partial charge on any atom is -0.495 e. The fraction of sp³-hybridized carbons (Fsp3) is 0.125. The molecule has 2 aromatic rings. The maximum absolute atomic E-state index is 12.5. The molecule has 5 heteroatoms. The molecule has 0 atom stereocenters. The maximum atomic E-state index is 12.5. The second-order valence-corrected chi connectivity index (χ2v) is 4.48. The van der Waals surface area contributed by atoms with Gasteiger partial charge >= 0.3 is 0 Å². The zero-order chi connectivity index (χ0) is 15.4. The van der Waals surface area contributed by atoms with Crippen LogP contribution in [-0.4, -0.2) is 20.1 Å². The lowest BCUT2D eigenvalue weighted by molar-refractivity contribution is 0.0992. The van der Waals surface area contributed by atoms with Gasteiger partial charge in [-0.1, -0.05) is 6.07 Å². The lowest BCUT2D eigenvalue weighted by Gasteiger charge is -2.18. The highest BCUT2D eigenvalue weighted by atomic mass is 16.5. The SMILES string of the molecule is COc1cc(C(=O)N(C)c2cccc(C#N)c2)ccc1N. The molecule has 1 amide bonds. The first-order chi connectivity index (χ1) is 10.1. The number of anilines is 2. The summed E-state index contributed by atoms with van der Waals surface area (Å²) in [6, 6.07) is 13.8. The zero-order valence-electron chi connectivity index (χ0n) is 11.8. The van der Waals surface area contributed by atoms with Gasteiger partial charge in [-0.2, -0.15) is 5.26 Å². The Balaban J connectivity index is 2.33. The Morgan fingerprint density at radius 2 is 2.05 bits per heavy atom. The molecule has 0 bridgehead atoms. The normalized spacial score (nSPS) is 9.76. The van der Waals surface area contributed by atoms with Crippen LogP contribution in [0.15, 0.2) is 42.5 Å². The van der Waals surface area contributed by atoms with Crippen LogP contribution in [-0.2, 0) is 0 Å². The van der Waals surface area contributed by atoms with Crippen molar-refractivity contribution < 1.29 is 9.53 Å². The summed E-state index contributed by atoms with van der Waals surface area (Å²) in [6.07, 6.45) is 0. The molecule has 0 saturated heterocycles. The number of amides is 1. The summed E-state index contributed by atoms with van der Waals surface area (Å²) in [6.45, 7) is 0. The molecule has 21 heavy (non-hydrogen) atoms. The van der Waals surface area contributed by atoms with Crippen LogP contribution in [0.1, 0.15) is 15.9 Å². The van der Waals surface area contributed by atoms with Gasteiger partial charge in [0.2, 0.25) is 0 Å². The third-order valence-electron chi connectivity index (χ3n) is 3.15. The molecule has 2 rings (SSSR count). The summed E-state index contributed by atoms with van der Waals surface area (Å²) in [5, 5.41) is 8.91. The van der Waals surface area contributed by atoms with Crippen molar-refractivity contribution in [1.82, 2.24) is 0 Å². The molecule has 0 saturated carbocycles. The van der Waals surface area contributed by atoms with E-state index in [1.807, 2.05) is 0 Å². The van der Waals surface area contributed by atoms with Crippen LogP contribution in [0, 0.1) is 11.3 Å². The highest BCUT2D eigenvalue weighted by Crippen LogP contribution is 2.24. The van der Waals surface area contributed by atoms with Gasteiger partial charge in [0.15, 0.2) is 0 Å². The number of rotatable bonds is 3. The first-order valence-corrected chi connectivity index (χ1v) is 6.28. The van der Waals surface area contributed by atoms with E-state index < -0.39 is 0 Å². The van der Waals surface area contributed by atoms with E-state index in [-0.39, 0.29) is 5.91 Å². The monoisotopic (exact) mass is 281 g/mol. The zero-order valence-corrected chi connectivity index (χ0v) is 11.8. The summed E-state index contributed by atoms with van der Waals surface area (Å²) in [7, 11) is 3.15. The third kappa shape index (κ3) is 2.95. The number of nitrogens with two attached hydrogens (primary N) is 1. The molecule has 0 heterocycles.